The fourth-order valence-corrected chi connectivity index (χ4v) is 4.82. The topological polar surface area (TPSA) is 38.8 Å². The number of aryl methyl sites for hydroxylation is 1. The van der Waals surface area contributed by atoms with Crippen LogP contribution in [-0.4, -0.2) is 38.0 Å². The second-order valence-corrected chi connectivity index (χ2v) is 8.57. The van der Waals surface area contributed by atoms with Gasteiger partial charge in [0.1, 0.15) is 0 Å². The number of hydrogen-bond acceptors (Lipinski definition) is 4. The van der Waals surface area contributed by atoms with E-state index in [9.17, 15) is 4.79 Å². The van der Waals surface area contributed by atoms with E-state index in [1.165, 1.54) is 24.0 Å². The molecule has 1 fully saturated rings. The van der Waals surface area contributed by atoms with E-state index >= 15 is 0 Å². The Morgan fingerprint density at radius 3 is 2.27 bits per heavy atom. The zero-order valence-corrected chi connectivity index (χ0v) is 19.0. The van der Waals surface area contributed by atoms with Crippen molar-refractivity contribution in [2.45, 2.75) is 39.2 Å². The molecule has 0 aromatic heterocycles. The summed E-state index contributed by atoms with van der Waals surface area (Å²) in [6.07, 6.45) is 4.19. The molecule has 30 heavy (non-hydrogen) atoms. The first kappa shape index (κ1) is 22.6. The summed E-state index contributed by atoms with van der Waals surface area (Å²) in [6.45, 7) is 5.40. The number of nitrogens with zero attached hydrogens (tertiary/aromatic N) is 1. The molecule has 1 unspecified atom stereocenters. The normalized spacial score (nSPS) is 19.3. The number of carbonyl (C=O) groups excluding carboxylic acids is 1. The lowest BCUT2D eigenvalue weighted by Crippen LogP contribution is -2.34. The molecule has 2 aliphatic rings. The summed E-state index contributed by atoms with van der Waals surface area (Å²) in [6, 6.07) is 12.7. The number of hydrogen-bond donors (Lipinski definition) is 0. The van der Waals surface area contributed by atoms with Crippen LogP contribution in [0.25, 0.3) is 0 Å². The van der Waals surface area contributed by atoms with E-state index in [0.717, 1.165) is 43.6 Å². The Morgan fingerprint density at radius 1 is 1.00 bits per heavy atom. The van der Waals surface area contributed by atoms with Crippen LogP contribution in [0.5, 0.6) is 11.5 Å². The lowest BCUT2D eigenvalue weighted by atomic mass is 9.85. The van der Waals surface area contributed by atoms with Gasteiger partial charge in [0.05, 0.1) is 14.2 Å². The molecule has 4 nitrogen and oxygen atoms in total. The maximum absolute atomic E-state index is 13.0. The zero-order valence-electron chi connectivity index (χ0n) is 18.1. The largest absolute Gasteiger partial charge is 0.493 e. The van der Waals surface area contributed by atoms with Crippen LogP contribution in [0.3, 0.4) is 0 Å². The molecule has 0 spiro atoms. The van der Waals surface area contributed by atoms with Crippen molar-refractivity contribution in [3.63, 3.8) is 0 Å². The van der Waals surface area contributed by atoms with Gasteiger partial charge in [-0.1, -0.05) is 29.8 Å². The summed E-state index contributed by atoms with van der Waals surface area (Å²) < 4.78 is 10.8. The van der Waals surface area contributed by atoms with Gasteiger partial charge in [0.15, 0.2) is 17.3 Å². The first-order valence-electron chi connectivity index (χ1n) is 10.6. The Bertz CT molecular complexity index is 873. The van der Waals surface area contributed by atoms with Crippen molar-refractivity contribution < 1.29 is 14.3 Å². The van der Waals surface area contributed by atoms with Crippen LogP contribution < -0.4 is 9.47 Å². The molecule has 1 saturated heterocycles. The van der Waals surface area contributed by atoms with Gasteiger partial charge in [0, 0.05) is 18.0 Å². The predicted molar refractivity (Wildman–Crippen MR) is 122 cm³/mol. The molecule has 0 saturated carbocycles. The Labute approximate surface area is 186 Å². The first-order valence-corrected chi connectivity index (χ1v) is 10.6. The van der Waals surface area contributed by atoms with Crippen molar-refractivity contribution in [2.75, 3.05) is 27.3 Å². The van der Waals surface area contributed by atoms with E-state index in [1.807, 2.05) is 12.1 Å². The molecule has 162 valence electrons. The van der Waals surface area contributed by atoms with Crippen molar-refractivity contribution >= 4 is 18.2 Å². The van der Waals surface area contributed by atoms with Gasteiger partial charge < -0.3 is 9.47 Å². The number of carbonyl (C=O) groups is 1. The van der Waals surface area contributed by atoms with Gasteiger partial charge in [-0.05, 0) is 74.9 Å². The van der Waals surface area contributed by atoms with E-state index in [4.69, 9.17) is 9.47 Å². The predicted octanol–water partition coefficient (Wildman–Crippen LogP) is 5.09. The number of halogens is 1. The van der Waals surface area contributed by atoms with E-state index in [-0.39, 0.29) is 24.1 Å². The Balaban J connectivity index is 0.00000256. The standard InChI is InChI=1S/C25H31NO3.ClH/c1-17-4-6-19(7-5-17)16-26-10-8-18(9-11-26)12-21-13-20-14-23(28-2)24(29-3)15-22(20)25(21)27;/h4-7,14-15,18,21H,8-13,16H2,1-3H3;1H. The lowest BCUT2D eigenvalue weighted by molar-refractivity contribution is 0.0895. The third kappa shape index (κ3) is 4.81. The molecule has 0 radical (unpaired) electrons. The summed E-state index contributed by atoms with van der Waals surface area (Å²) in [5.74, 6) is 2.38. The van der Waals surface area contributed by atoms with Crippen LogP contribution in [0.15, 0.2) is 36.4 Å². The highest BCUT2D eigenvalue weighted by Gasteiger charge is 2.34. The number of Topliss-reactive ketones (excluding diaryl/α,β-unsaturated/α-hetero) is 1. The fraction of sp³-hybridized carbons (Fsp3) is 0.480. The Hall–Kier alpha value is -2.04. The van der Waals surface area contributed by atoms with E-state index < -0.39 is 0 Å². The molecule has 2 aromatic carbocycles. The van der Waals surface area contributed by atoms with Gasteiger partial charge in [-0.2, -0.15) is 0 Å². The maximum atomic E-state index is 13.0. The molecular weight excluding hydrogens is 398 g/mol. The third-order valence-corrected chi connectivity index (χ3v) is 6.56. The van der Waals surface area contributed by atoms with Gasteiger partial charge >= 0.3 is 0 Å². The van der Waals surface area contributed by atoms with Gasteiger partial charge in [0.2, 0.25) is 0 Å². The molecule has 0 N–H and O–H groups in total. The van der Waals surface area contributed by atoms with Gasteiger partial charge in [-0.25, -0.2) is 0 Å². The minimum Gasteiger partial charge on any atom is -0.493 e. The number of ketones is 1. The summed E-state index contributed by atoms with van der Waals surface area (Å²) in [7, 11) is 3.26. The molecule has 1 aliphatic carbocycles. The minimum absolute atomic E-state index is 0. The van der Waals surface area contributed by atoms with Crippen molar-refractivity contribution in [2.24, 2.45) is 11.8 Å². The average molecular weight is 430 g/mol. The molecule has 4 rings (SSSR count). The first-order chi connectivity index (χ1) is 14.1. The SMILES string of the molecule is COc1cc2c(cc1OC)C(=O)C(CC1CCN(Cc3ccc(C)cc3)CC1)C2.Cl. The van der Waals surface area contributed by atoms with Crippen LogP contribution >= 0.6 is 12.4 Å². The minimum atomic E-state index is 0. The quantitative estimate of drug-likeness (QED) is 0.641. The van der Waals surface area contributed by atoms with Crippen LogP contribution in [-0.2, 0) is 13.0 Å². The number of likely N-dealkylation sites (tertiary alicyclic amines) is 1. The number of piperidine rings is 1. The molecule has 5 heteroatoms. The Morgan fingerprint density at radius 2 is 1.63 bits per heavy atom. The average Bonchev–Trinajstić information content (AvgIpc) is 3.04. The summed E-state index contributed by atoms with van der Waals surface area (Å²) in [5, 5.41) is 0. The van der Waals surface area contributed by atoms with Crippen LogP contribution in [0.4, 0.5) is 0 Å². The van der Waals surface area contributed by atoms with E-state index in [2.05, 4.69) is 36.1 Å². The van der Waals surface area contributed by atoms with Crippen LogP contribution in [0.2, 0.25) is 0 Å². The molecule has 0 bridgehead atoms. The van der Waals surface area contributed by atoms with Gasteiger partial charge in [-0.3, -0.25) is 9.69 Å². The maximum Gasteiger partial charge on any atom is 0.166 e. The second-order valence-electron chi connectivity index (χ2n) is 8.57. The number of ether oxygens (including phenoxy) is 2. The smallest absolute Gasteiger partial charge is 0.166 e. The molecule has 1 atom stereocenters. The second kappa shape index (κ2) is 9.84. The lowest BCUT2D eigenvalue weighted by Gasteiger charge is -2.33. The monoisotopic (exact) mass is 429 g/mol. The molecular formula is C25H32ClNO3. The summed E-state index contributed by atoms with van der Waals surface area (Å²) >= 11 is 0. The number of methoxy groups -OCH3 is 2. The number of rotatable bonds is 6. The van der Waals surface area contributed by atoms with E-state index in [1.54, 1.807) is 14.2 Å². The molecule has 2 aromatic rings. The van der Waals surface area contributed by atoms with Crippen LogP contribution in [0, 0.1) is 18.8 Å². The van der Waals surface area contributed by atoms with Crippen molar-refractivity contribution in [3.05, 3.63) is 58.7 Å². The van der Waals surface area contributed by atoms with Crippen molar-refractivity contribution in [3.8, 4) is 11.5 Å². The zero-order chi connectivity index (χ0) is 20.4. The van der Waals surface area contributed by atoms with Crippen molar-refractivity contribution in [1.29, 1.82) is 0 Å². The highest BCUT2D eigenvalue weighted by atomic mass is 35.5. The summed E-state index contributed by atoms with van der Waals surface area (Å²) in [5.41, 5.74) is 4.63. The van der Waals surface area contributed by atoms with Crippen molar-refractivity contribution in [1.82, 2.24) is 4.90 Å². The fourth-order valence-electron chi connectivity index (χ4n) is 4.82. The number of fused-ring (bicyclic) bond motifs is 1. The molecule has 0 amide bonds. The summed E-state index contributed by atoms with van der Waals surface area (Å²) in [4.78, 5) is 15.5. The van der Waals surface area contributed by atoms with Gasteiger partial charge in [-0.15, -0.1) is 12.4 Å². The highest BCUT2D eigenvalue weighted by Crippen LogP contribution is 2.39. The third-order valence-electron chi connectivity index (χ3n) is 6.56. The Kier molecular flexibility index (Phi) is 7.43. The van der Waals surface area contributed by atoms with Crippen LogP contribution in [0.1, 0.15) is 46.3 Å². The molecule has 1 aliphatic heterocycles. The number of benzene rings is 2. The van der Waals surface area contributed by atoms with E-state index in [0.29, 0.717) is 17.4 Å². The molecule has 1 heterocycles. The van der Waals surface area contributed by atoms with Gasteiger partial charge in [0.25, 0.3) is 0 Å². The highest BCUT2D eigenvalue weighted by molar-refractivity contribution is 6.02.